The monoisotopic (exact) mass is 177 g/mol. The van der Waals surface area contributed by atoms with Crippen LogP contribution in [0.5, 0.6) is 0 Å². The van der Waals surface area contributed by atoms with Crippen LogP contribution in [0.25, 0.3) is 0 Å². The SMILES string of the molecule is Cc1ccc(N2CCC2)c(CO)c1. The molecule has 1 saturated heterocycles. The van der Waals surface area contributed by atoms with Gasteiger partial charge in [0.05, 0.1) is 6.61 Å². The van der Waals surface area contributed by atoms with Crippen LogP contribution in [0.1, 0.15) is 17.5 Å². The molecule has 0 amide bonds. The smallest absolute Gasteiger partial charge is 0.0702 e. The zero-order valence-corrected chi connectivity index (χ0v) is 7.95. The molecule has 0 aromatic heterocycles. The molecule has 1 aliphatic heterocycles. The van der Waals surface area contributed by atoms with Gasteiger partial charge in [0.1, 0.15) is 0 Å². The van der Waals surface area contributed by atoms with Crippen LogP contribution >= 0.6 is 0 Å². The molecule has 1 heterocycles. The number of nitrogens with zero attached hydrogens (tertiary/aromatic N) is 1. The Morgan fingerprint density at radius 2 is 2.15 bits per heavy atom. The van der Waals surface area contributed by atoms with Gasteiger partial charge in [0, 0.05) is 24.3 Å². The fraction of sp³-hybridized carbons (Fsp3) is 0.455. The Kier molecular flexibility index (Phi) is 2.23. The molecule has 0 saturated carbocycles. The normalized spacial score (nSPS) is 15.7. The van der Waals surface area contributed by atoms with Crippen molar-refractivity contribution in [2.75, 3.05) is 18.0 Å². The van der Waals surface area contributed by atoms with Crippen molar-refractivity contribution in [1.29, 1.82) is 0 Å². The van der Waals surface area contributed by atoms with E-state index < -0.39 is 0 Å². The molecule has 0 radical (unpaired) electrons. The van der Waals surface area contributed by atoms with Crippen molar-refractivity contribution in [3.63, 3.8) is 0 Å². The highest BCUT2D eigenvalue weighted by atomic mass is 16.3. The summed E-state index contributed by atoms with van der Waals surface area (Å²) >= 11 is 0. The van der Waals surface area contributed by atoms with Crippen molar-refractivity contribution in [2.45, 2.75) is 20.0 Å². The van der Waals surface area contributed by atoms with E-state index in [1.165, 1.54) is 17.7 Å². The lowest BCUT2D eigenvalue weighted by Crippen LogP contribution is -2.37. The molecular formula is C11H15NO. The number of aliphatic hydroxyl groups is 1. The largest absolute Gasteiger partial charge is 0.392 e. The molecule has 1 aliphatic rings. The first-order chi connectivity index (χ1) is 6.31. The van der Waals surface area contributed by atoms with Crippen LogP contribution in [0, 0.1) is 6.92 Å². The molecule has 1 aromatic rings. The number of hydrogen-bond acceptors (Lipinski definition) is 2. The van der Waals surface area contributed by atoms with Crippen molar-refractivity contribution < 1.29 is 5.11 Å². The van der Waals surface area contributed by atoms with E-state index in [9.17, 15) is 5.11 Å². The van der Waals surface area contributed by atoms with Crippen LogP contribution in [0.4, 0.5) is 5.69 Å². The van der Waals surface area contributed by atoms with E-state index in [4.69, 9.17) is 0 Å². The summed E-state index contributed by atoms with van der Waals surface area (Å²) in [6.07, 6.45) is 1.28. The lowest BCUT2D eigenvalue weighted by Gasteiger charge is -2.34. The van der Waals surface area contributed by atoms with E-state index in [2.05, 4.69) is 30.0 Å². The van der Waals surface area contributed by atoms with Gasteiger partial charge in [-0.1, -0.05) is 17.7 Å². The lowest BCUT2D eigenvalue weighted by atomic mass is 10.1. The van der Waals surface area contributed by atoms with Crippen LogP contribution in [-0.2, 0) is 6.61 Å². The predicted molar refractivity (Wildman–Crippen MR) is 53.9 cm³/mol. The zero-order chi connectivity index (χ0) is 9.26. The molecular weight excluding hydrogens is 162 g/mol. The topological polar surface area (TPSA) is 23.5 Å². The van der Waals surface area contributed by atoms with Gasteiger partial charge in [-0.25, -0.2) is 0 Å². The summed E-state index contributed by atoms with van der Waals surface area (Å²) in [5.74, 6) is 0. The number of aryl methyl sites for hydroxylation is 1. The third kappa shape index (κ3) is 1.54. The van der Waals surface area contributed by atoms with Crippen LogP contribution in [0.2, 0.25) is 0 Å². The predicted octanol–water partition coefficient (Wildman–Crippen LogP) is 1.70. The second-order valence-electron chi connectivity index (χ2n) is 3.63. The van der Waals surface area contributed by atoms with E-state index in [1.54, 1.807) is 0 Å². The van der Waals surface area contributed by atoms with Gasteiger partial charge >= 0.3 is 0 Å². The molecule has 1 aromatic carbocycles. The minimum atomic E-state index is 0.146. The quantitative estimate of drug-likeness (QED) is 0.743. The summed E-state index contributed by atoms with van der Waals surface area (Å²) in [5, 5.41) is 9.18. The summed E-state index contributed by atoms with van der Waals surface area (Å²) in [5.41, 5.74) is 3.48. The Balaban J connectivity index is 2.32. The first-order valence-electron chi connectivity index (χ1n) is 4.76. The Labute approximate surface area is 78.8 Å². The average Bonchev–Trinajstić information content (AvgIpc) is 2.05. The van der Waals surface area contributed by atoms with Gasteiger partial charge in [-0.05, 0) is 19.4 Å². The van der Waals surface area contributed by atoms with Crippen molar-refractivity contribution in [1.82, 2.24) is 0 Å². The van der Waals surface area contributed by atoms with Gasteiger partial charge < -0.3 is 10.0 Å². The molecule has 0 aliphatic carbocycles. The highest BCUT2D eigenvalue weighted by Gasteiger charge is 2.16. The minimum Gasteiger partial charge on any atom is -0.392 e. The van der Waals surface area contributed by atoms with Crippen LogP contribution in [-0.4, -0.2) is 18.2 Å². The van der Waals surface area contributed by atoms with Crippen LogP contribution in [0.15, 0.2) is 18.2 Å². The molecule has 0 unspecified atom stereocenters. The molecule has 0 spiro atoms. The molecule has 70 valence electrons. The fourth-order valence-corrected chi connectivity index (χ4v) is 1.71. The minimum absolute atomic E-state index is 0.146. The summed E-state index contributed by atoms with van der Waals surface area (Å²) in [6.45, 7) is 4.47. The van der Waals surface area contributed by atoms with Crippen molar-refractivity contribution in [3.8, 4) is 0 Å². The van der Waals surface area contributed by atoms with Gasteiger partial charge in [0.25, 0.3) is 0 Å². The van der Waals surface area contributed by atoms with Gasteiger partial charge in [-0.3, -0.25) is 0 Å². The Hall–Kier alpha value is -1.02. The highest BCUT2D eigenvalue weighted by molar-refractivity contribution is 5.56. The lowest BCUT2D eigenvalue weighted by molar-refractivity contribution is 0.281. The van der Waals surface area contributed by atoms with Crippen LogP contribution in [0.3, 0.4) is 0 Å². The number of anilines is 1. The molecule has 2 nitrogen and oxygen atoms in total. The number of aliphatic hydroxyl groups excluding tert-OH is 1. The van der Waals surface area contributed by atoms with Gasteiger partial charge in [0.15, 0.2) is 0 Å². The maximum atomic E-state index is 9.18. The molecule has 0 bridgehead atoms. The fourth-order valence-electron chi connectivity index (χ4n) is 1.71. The second-order valence-corrected chi connectivity index (χ2v) is 3.63. The highest BCUT2D eigenvalue weighted by Crippen LogP contribution is 2.25. The second kappa shape index (κ2) is 3.38. The maximum Gasteiger partial charge on any atom is 0.0702 e. The van der Waals surface area contributed by atoms with Crippen molar-refractivity contribution >= 4 is 5.69 Å². The molecule has 13 heavy (non-hydrogen) atoms. The summed E-state index contributed by atoms with van der Waals surface area (Å²) in [4.78, 5) is 2.31. The summed E-state index contributed by atoms with van der Waals surface area (Å²) in [7, 11) is 0. The number of benzene rings is 1. The van der Waals surface area contributed by atoms with E-state index in [0.29, 0.717) is 0 Å². The summed E-state index contributed by atoms with van der Waals surface area (Å²) < 4.78 is 0. The third-order valence-corrected chi connectivity index (χ3v) is 2.60. The number of hydrogen-bond donors (Lipinski definition) is 1. The van der Waals surface area contributed by atoms with Gasteiger partial charge in [-0.2, -0.15) is 0 Å². The van der Waals surface area contributed by atoms with Crippen molar-refractivity contribution in [3.05, 3.63) is 29.3 Å². The van der Waals surface area contributed by atoms with Gasteiger partial charge in [-0.15, -0.1) is 0 Å². The van der Waals surface area contributed by atoms with Crippen molar-refractivity contribution in [2.24, 2.45) is 0 Å². The van der Waals surface area contributed by atoms with E-state index in [1.807, 2.05) is 0 Å². The first kappa shape index (κ1) is 8.57. The summed E-state index contributed by atoms with van der Waals surface area (Å²) in [6, 6.07) is 6.28. The first-order valence-corrected chi connectivity index (χ1v) is 4.76. The van der Waals surface area contributed by atoms with Gasteiger partial charge in [0.2, 0.25) is 0 Å². The Morgan fingerprint density at radius 3 is 2.69 bits per heavy atom. The molecule has 1 fully saturated rings. The molecule has 1 N–H and O–H groups in total. The Bertz CT molecular complexity index is 305. The third-order valence-electron chi connectivity index (χ3n) is 2.60. The molecule has 2 rings (SSSR count). The van der Waals surface area contributed by atoms with Crippen LogP contribution < -0.4 is 4.90 Å². The van der Waals surface area contributed by atoms with E-state index in [-0.39, 0.29) is 6.61 Å². The average molecular weight is 177 g/mol. The number of rotatable bonds is 2. The standard InChI is InChI=1S/C11H15NO/c1-9-3-4-11(10(7-9)8-13)12-5-2-6-12/h3-4,7,13H,2,5-6,8H2,1H3. The Morgan fingerprint density at radius 1 is 1.38 bits per heavy atom. The molecule has 0 atom stereocenters. The zero-order valence-electron chi connectivity index (χ0n) is 7.95. The van der Waals surface area contributed by atoms with E-state index >= 15 is 0 Å². The molecule has 2 heteroatoms. The van der Waals surface area contributed by atoms with E-state index in [0.717, 1.165) is 18.7 Å². The maximum absolute atomic E-state index is 9.18.